The van der Waals surface area contributed by atoms with Crippen molar-refractivity contribution < 1.29 is 17.9 Å². The summed E-state index contributed by atoms with van der Waals surface area (Å²) in [6, 6.07) is 4.25. The van der Waals surface area contributed by atoms with Crippen molar-refractivity contribution in [3.05, 3.63) is 29.3 Å². The Morgan fingerprint density at radius 2 is 1.95 bits per heavy atom. The summed E-state index contributed by atoms with van der Waals surface area (Å²) in [5, 5.41) is 3.13. The van der Waals surface area contributed by atoms with Crippen LogP contribution in [0.15, 0.2) is 18.2 Å². The van der Waals surface area contributed by atoms with E-state index in [9.17, 15) is 13.2 Å². The molecule has 2 nitrogen and oxygen atoms in total. The van der Waals surface area contributed by atoms with Gasteiger partial charge in [-0.3, -0.25) is 0 Å². The maximum Gasteiger partial charge on any atom is 0.419 e. The number of nitrogens with one attached hydrogen (secondary N) is 1. The first kappa shape index (κ1) is 16.8. The molecule has 0 unspecified atom stereocenters. The molecule has 114 valence electrons. The van der Waals surface area contributed by atoms with Gasteiger partial charge in [-0.15, -0.1) is 0 Å². The Morgan fingerprint density at radius 3 is 2.50 bits per heavy atom. The summed E-state index contributed by atoms with van der Waals surface area (Å²) < 4.78 is 44.2. The van der Waals surface area contributed by atoms with E-state index in [1.165, 1.54) is 12.1 Å². The topological polar surface area (TPSA) is 21.3 Å². The molecule has 1 rings (SSSR count). The predicted molar refractivity (Wildman–Crippen MR) is 73.8 cm³/mol. The minimum atomic E-state index is -4.39. The number of benzene rings is 1. The Bertz CT molecular complexity index is 416. The van der Waals surface area contributed by atoms with Gasteiger partial charge in [0.15, 0.2) is 0 Å². The molecule has 0 aromatic heterocycles. The number of hydrogen-bond donors (Lipinski definition) is 1. The normalized spacial score (nSPS) is 11.9. The molecule has 0 aliphatic carbocycles. The van der Waals surface area contributed by atoms with Gasteiger partial charge in [-0.1, -0.05) is 26.8 Å². The molecule has 0 saturated carbocycles. The third-order valence-corrected chi connectivity index (χ3v) is 2.69. The minimum Gasteiger partial charge on any atom is -0.493 e. The molecule has 1 N–H and O–H groups in total. The highest BCUT2D eigenvalue weighted by Crippen LogP contribution is 2.36. The second-order valence-electron chi connectivity index (χ2n) is 5.20. The number of halogens is 3. The molecular formula is C15H22F3NO. The second-order valence-corrected chi connectivity index (χ2v) is 5.20. The first-order chi connectivity index (χ1) is 9.34. The van der Waals surface area contributed by atoms with E-state index in [1.807, 2.05) is 6.92 Å². The number of ether oxygens (including phenoxy) is 1. The molecule has 0 amide bonds. The van der Waals surface area contributed by atoms with Crippen LogP contribution in [0.4, 0.5) is 13.2 Å². The Morgan fingerprint density at radius 1 is 1.25 bits per heavy atom. The van der Waals surface area contributed by atoms with Crippen LogP contribution in [-0.2, 0) is 12.7 Å². The third kappa shape index (κ3) is 5.41. The molecule has 0 fully saturated rings. The van der Waals surface area contributed by atoms with Gasteiger partial charge in [-0.05, 0) is 36.6 Å². The molecule has 0 atom stereocenters. The minimum absolute atomic E-state index is 0.0908. The summed E-state index contributed by atoms with van der Waals surface area (Å²) in [5.41, 5.74) is -0.0865. The van der Waals surface area contributed by atoms with Gasteiger partial charge in [0.25, 0.3) is 0 Å². The van der Waals surface area contributed by atoms with Crippen molar-refractivity contribution in [2.45, 2.75) is 39.9 Å². The Kier molecular flexibility index (Phi) is 6.33. The quantitative estimate of drug-likeness (QED) is 0.810. The molecule has 0 saturated heterocycles. The fourth-order valence-electron chi connectivity index (χ4n) is 1.75. The number of rotatable bonds is 7. The first-order valence-electron chi connectivity index (χ1n) is 6.88. The highest BCUT2D eigenvalue weighted by Gasteiger charge is 2.34. The lowest BCUT2D eigenvalue weighted by Gasteiger charge is -2.15. The molecular weight excluding hydrogens is 267 g/mol. The van der Waals surface area contributed by atoms with Crippen LogP contribution in [0.2, 0.25) is 0 Å². The zero-order valence-corrected chi connectivity index (χ0v) is 12.2. The summed E-state index contributed by atoms with van der Waals surface area (Å²) >= 11 is 0. The Balaban J connectivity index is 2.84. The van der Waals surface area contributed by atoms with Crippen molar-refractivity contribution in [3.8, 4) is 5.75 Å². The number of hydrogen-bond acceptors (Lipinski definition) is 2. The summed E-state index contributed by atoms with van der Waals surface area (Å²) in [5.74, 6) is 0.371. The molecule has 0 aliphatic heterocycles. The predicted octanol–water partition coefficient (Wildman–Crippen LogP) is 4.24. The molecule has 0 spiro atoms. The molecule has 20 heavy (non-hydrogen) atoms. The maximum atomic E-state index is 13.0. The van der Waals surface area contributed by atoms with Gasteiger partial charge >= 0.3 is 6.18 Å². The van der Waals surface area contributed by atoms with Crippen molar-refractivity contribution in [3.63, 3.8) is 0 Å². The van der Waals surface area contributed by atoms with Crippen LogP contribution in [0.1, 0.15) is 38.3 Å². The SMILES string of the molecule is CCCOc1ccc(CNCC(C)C)cc1C(F)(F)F. The molecule has 0 aliphatic rings. The zero-order chi connectivity index (χ0) is 15.2. The monoisotopic (exact) mass is 289 g/mol. The molecule has 5 heteroatoms. The van der Waals surface area contributed by atoms with Gasteiger partial charge in [0.05, 0.1) is 12.2 Å². The van der Waals surface area contributed by atoms with E-state index in [-0.39, 0.29) is 12.4 Å². The Hall–Kier alpha value is -1.23. The van der Waals surface area contributed by atoms with E-state index >= 15 is 0 Å². The van der Waals surface area contributed by atoms with Crippen molar-refractivity contribution in [2.24, 2.45) is 5.92 Å². The van der Waals surface area contributed by atoms with E-state index in [1.54, 1.807) is 6.07 Å². The van der Waals surface area contributed by atoms with Crippen LogP contribution in [0.3, 0.4) is 0 Å². The summed E-state index contributed by atoms with van der Waals surface area (Å²) in [6.07, 6.45) is -3.72. The van der Waals surface area contributed by atoms with Gasteiger partial charge in [0, 0.05) is 6.54 Å². The van der Waals surface area contributed by atoms with E-state index in [0.717, 1.165) is 6.54 Å². The third-order valence-electron chi connectivity index (χ3n) is 2.69. The van der Waals surface area contributed by atoms with Crippen LogP contribution in [-0.4, -0.2) is 13.2 Å². The van der Waals surface area contributed by atoms with Gasteiger partial charge in [0.2, 0.25) is 0 Å². The van der Waals surface area contributed by atoms with E-state index < -0.39 is 11.7 Å². The van der Waals surface area contributed by atoms with Crippen molar-refractivity contribution in [1.82, 2.24) is 5.32 Å². The molecule has 0 heterocycles. The van der Waals surface area contributed by atoms with Gasteiger partial charge in [-0.2, -0.15) is 13.2 Å². The molecule has 0 radical (unpaired) electrons. The van der Waals surface area contributed by atoms with E-state index in [2.05, 4.69) is 19.2 Å². The zero-order valence-electron chi connectivity index (χ0n) is 12.2. The molecule has 1 aromatic carbocycles. The maximum absolute atomic E-state index is 13.0. The van der Waals surface area contributed by atoms with E-state index in [4.69, 9.17) is 4.74 Å². The molecule has 0 bridgehead atoms. The standard InChI is InChI=1S/C15H22F3NO/c1-4-7-20-14-6-5-12(10-19-9-11(2)3)8-13(14)15(16,17)18/h5-6,8,11,19H,4,7,9-10H2,1-3H3. The van der Waals surface area contributed by atoms with Crippen LogP contribution in [0, 0.1) is 5.92 Å². The molecule has 1 aromatic rings. The average Bonchev–Trinajstić information content (AvgIpc) is 2.35. The van der Waals surface area contributed by atoms with Crippen molar-refractivity contribution in [2.75, 3.05) is 13.2 Å². The highest BCUT2D eigenvalue weighted by molar-refractivity contribution is 5.39. The van der Waals surface area contributed by atoms with Crippen molar-refractivity contribution in [1.29, 1.82) is 0 Å². The average molecular weight is 289 g/mol. The highest BCUT2D eigenvalue weighted by atomic mass is 19.4. The lowest BCUT2D eigenvalue weighted by molar-refractivity contribution is -0.139. The van der Waals surface area contributed by atoms with Crippen LogP contribution in [0.5, 0.6) is 5.75 Å². The summed E-state index contributed by atoms with van der Waals surface area (Å²) in [7, 11) is 0. The van der Waals surface area contributed by atoms with Crippen LogP contribution < -0.4 is 10.1 Å². The smallest absolute Gasteiger partial charge is 0.419 e. The van der Waals surface area contributed by atoms with Crippen molar-refractivity contribution >= 4 is 0 Å². The first-order valence-corrected chi connectivity index (χ1v) is 6.88. The van der Waals surface area contributed by atoms with Crippen LogP contribution in [0.25, 0.3) is 0 Å². The summed E-state index contributed by atoms with van der Waals surface area (Å²) in [6.45, 7) is 7.45. The number of alkyl halides is 3. The second kappa shape index (κ2) is 7.53. The van der Waals surface area contributed by atoms with Crippen LogP contribution >= 0.6 is 0 Å². The van der Waals surface area contributed by atoms with E-state index in [0.29, 0.717) is 24.4 Å². The lowest BCUT2D eigenvalue weighted by atomic mass is 10.1. The van der Waals surface area contributed by atoms with Gasteiger partial charge in [0.1, 0.15) is 5.75 Å². The fraction of sp³-hybridized carbons (Fsp3) is 0.600. The fourth-order valence-corrected chi connectivity index (χ4v) is 1.75. The summed E-state index contributed by atoms with van der Waals surface area (Å²) in [4.78, 5) is 0. The Labute approximate surface area is 118 Å². The lowest BCUT2D eigenvalue weighted by Crippen LogP contribution is -2.19. The van der Waals surface area contributed by atoms with Gasteiger partial charge < -0.3 is 10.1 Å². The van der Waals surface area contributed by atoms with Gasteiger partial charge in [-0.25, -0.2) is 0 Å². The largest absolute Gasteiger partial charge is 0.493 e.